The molecule has 6 N–H and O–H groups in total. The Labute approximate surface area is 385 Å². The largest absolute Gasteiger partial charge is 0.390 e. The van der Waals surface area contributed by atoms with Gasteiger partial charge >= 0.3 is 0 Å². The van der Waals surface area contributed by atoms with Crippen LogP contribution in [-0.2, 0) is 25.7 Å². The second-order valence-corrected chi connectivity index (χ2v) is 21.4. The number of nitrogens with zero attached hydrogens (tertiary/aromatic N) is 2. The lowest BCUT2D eigenvalue weighted by Gasteiger charge is -2.25. The molecule has 0 fully saturated rings. The summed E-state index contributed by atoms with van der Waals surface area (Å²) in [6.07, 6.45) is 21.8. The van der Waals surface area contributed by atoms with Crippen molar-refractivity contribution in [1.29, 1.82) is 0 Å². The molecule has 5 heterocycles. The van der Waals surface area contributed by atoms with Gasteiger partial charge < -0.3 is 30.4 Å². The second kappa shape index (κ2) is 22.4. The van der Waals surface area contributed by atoms with Crippen molar-refractivity contribution in [2.75, 3.05) is 0 Å². The molecule has 5 rings (SSSR count). The van der Waals surface area contributed by atoms with Crippen LogP contribution in [0, 0.1) is 23.7 Å². The molecule has 0 aromatic carbocycles. The van der Waals surface area contributed by atoms with Crippen LogP contribution < -0.4 is 0 Å². The van der Waals surface area contributed by atoms with Gasteiger partial charge in [-0.25, -0.2) is 9.97 Å². The third-order valence-electron chi connectivity index (χ3n) is 13.3. The molecular formula is C56H82N4O4. The normalized spacial score (nSPS) is 15.8. The van der Waals surface area contributed by atoms with E-state index >= 15 is 0 Å². The van der Waals surface area contributed by atoms with Crippen molar-refractivity contribution in [3.63, 3.8) is 0 Å². The highest BCUT2D eigenvalue weighted by atomic mass is 16.3. The summed E-state index contributed by atoms with van der Waals surface area (Å²) in [4.78, 5) is 18.8. The van der Waals surface area contributed by atoms with E-state index in [0.717, 1.165) is 126 Å². The maximum atomic E-state index is 10.8. The maximum Gasteiger partial charge on any atom is 0.0849 e. The number of aromatic nitrogens is 4. The lowest BCUT2D eigenvalue weighted by molar-refractivity contribution is -0.0534. The van der Waals surface area contributed by atoms with Crippen LogP contribution in [0.25, 0.3) is 46.4 Å². The molecule has 2 aliphatic rings. The molecule has 64 heavy (non-hydrogen) atoms. The fraction of sp³-hybridized carbons (Fsp3) is 0.571. The van der Waals surface area contributed by atoms with Gasteiger partial charge in [0.15, 0.2) is 0 Å². The van der Waals surface area contributed by atoms with E-state index in [0.29, 0.717) is 24.7 Å². The molecule has 0 aliphatic carbocycles. The van der Waals surface area contributed by atoms with Crippen molar-refractivity contribution in [3.8, 4) is 0 Å². The molecule has 2 unspecified atom stereocenters. The van der Waals surface area contributed by atoms with Crippen molar-refractivity contribution < 1.29 is 20.4 Å². The SMILES string of the molecule is CC(C)=CCC[C@@H](C)Cc1c2nc(c(C[C@H](C)CCC(O)C(C)(C)O)c3ccc([nH]3)c(C[C@H](C)CCC=C(C)C)c3ccc([nH]3)c(C[C@H](C)CCC(O)C(C)(C)O)c3nc1C=C3)C=C2. The Hall–Kier alpha value is -4.08. The maximum absolute atomic E-state index is 10.8. The number of aliphatic hydroxyl groups is 4. The van der Waals surface area contributed by atoms with Gasteiger partial charge in [-0.2, -0.15) is 0 Å². The number of hydrogen-bond acceptors (Lipinski definition) is 6. The number of aromatic amines is 2. The number of fused-ring (bicyclic) bond motifs is 8. The van der Waals surface area contributed by atoms with Gasteiger partial charge in [-0.3, -0.25) is 0 Å². The molecule has 0 amide bonds. The predicted molar refractivity (Wildman–Crippen MR) is 271 cm³/mol. The van der Waals surface area contributed by atoms with E-state index in [1.54, 1.807) is 27.7 Å². The summed E-state index contributed by atoms with van der Waals surface area (Å²) in [5.74, 6) is 1.29. The summed E-state index contributed by atoms with van der Waals surface area (Å²) < 4.78 is 0. The van der Waals surface area contributed by atoms with Crippen LogP contribution >= 0.6 is 0 Å². The lowest BCUT2D eigenvalue weighted by atomic mass is 9.90. The monoisotopic (exact) mass is 875 g/mol. The molecule has 2 aliphatic heterocycles. The fourth-order valence-electron chi connectivity index (χ4n) is 9.01. The second-order valence-electron chi connectivity index (χ2n) is 21.4. The van der Waals surface area contributed by atoms with Crippen LogP contribution in [-0.4, -0.2) is 63.8 Å². The molecule has 0 spiro atoms. The topological polar surface area (TPSA) is 138 Å². The molecule has 0 radical (unpaired) electrons. The Kier molecular flexibility index (Phi) is 17.8. The first kappa shape index (κ1) is 50.9. The smallest absolute Gasteiger partial charge is 0.0849 e. The number of rotatable bonds is 22. The summed E-state index contributed by atoms with van der Waals surface area (Å²) in [7, 11) is 0. The average molecular weight is 875 g/mol. The summed E-state index contributed by atoms with van der Waals surface area (Å²) in [5.41, 5.74) is 13.1. The van der Waals surface area contributed by atoms with Crippen LogP contribution in [0.1, 0.15) is 179 Å². The Morgan fingerprint density at radius 3 is 1.12 bits per heavy atom. The highest BCUT2D eigenvalue weighted by Crippen LogP contribution is 2.33. The summed E-state index contributed by atoms with van der Waals surface area (Å²) in [6.45, 7) is 24.5. The number of allylic oxidation sites excluding steroid dienone is 4. The van der Waals surface area contributed by atoms with Gasteiger partial charge in [0.25, 0.3) is 0 Å². The minimum Gasteiger partial charge on any atom is -0.390 e. The zero-order valence-electron chi connectivity index (χ0n) is 41.4. The van der Waals surface area contributed by atoms with E-state index in [1.165, 1.54) is 16.7 Å². The number of H-pyrrole nitrogens is 2. The van der Waals surface area contributed by atoms with Gasteiger partial charge in [-0.05, 0) is 210 Å². The highest BCUT2D eigenvalue weighted by molar-refractivity contribution is 5.83. The fourth-order valence-corrected chi connectivity index (χ4v) is 9.01. The molecule has 6 atom stereocenters. The minimum atomic E-state index is -1.15. The van der Waals surface area contributed by atoms with E-state index in [4.69, 9.17) is 9.97 Å². The molecule has 8 bridgehead atoms. The van der Waals surface area contributed by atoms with E-state index < -0.39 is 23.4 Å². The Morgan fingerprint density at radius 1 is 0.484 bits per heavy atom. The van der Waals surface area contributed by atoms with Crippen molar-refractivity contribution in [3.05, 3.63) is 92.6 Å². The minimum absolute atomic E-state index is 0.224. The van der Waals surface area contributed by atoms with E-state index in [-0.39, 0.29) is 11.8 Å². The lowest BCUT2D eigenvalue weighted by Crippen LogP contribution is -2.36. The summed E-state index contributed by atoms with van der Waals surface area (Å²) >= 11 is 0. The molecule has 8 heteroatoms. The first-order valence-electron chi connectivity index (χ1n) is 24.3. The van der Waals surface area contributed by atoms with Gasteiger partial charge in [-0.1, -0.05) is 51.0 Å². The molecule has 350 valence electrons. The Morgan fingerprint density at radius 2 is 0.781 bits per heavy atom. The molecular weight excluding hydrogens is 793 g/mol. The van der Waals surface area contributed by atoms with Gasteiger partial charge in [0, 0.05) is 38.8 Å². The van der Waals surface area contributed by atoms with Gasteiger partial charge in [0.05, 0.1) is 46.2 Å². The van der Waals surface area contributed by atoms with Gasteiger partial charge in [0.1, 0.15) is 0 Å². The Bertz CT molecular complexity index is 2190. The van der Waals surface area contributed by atoms with Gasteiger partial charge in [-0.15, -0.1) is 0 Å². The number of aliphatic hydroxyl groups excluding tert-OH is 2. The van der Waals surface area contributed by atoms with Crippen molar-refractivity contribution in [2.45, 2.75) is 184 Å². The number of hydrogen-bond donors (Lipinski definition) is 6. The van der Waals surface area contributed by atoms with Crippen LogP contribution in [0.3, 0.4) is 0 Å². The molecule has 3 aromatic rings. The van der Waals surface area contributed by atoms with Crippen molar-refractivity contribution in [1.82, 2.24) is 19.9 Å². The standard InChI is InChI=1S/C56H82N4O4/c1-35(2)15-13-17-37(5)31-41-45-21-25-49(57-45)43(33-39(7)19-29-53(61)55(9,10)63)51-27-23-47(59-51)42(32-38(6)18-14-16-36(3)4)48-24-28-52(60-48)44(50-26-22-46(41)58-50)34-40(8)20-30-54(62)56(11,12)64/h15-16,21-28,37-40,53-54,57-58,61-64H,13-14,17-20,29-34H2,1-12H3/t37-,38-,39-,40-,53?,54?/m1/s1. The first-order chi connectivity index (χ1) is 30.1. The van der Waals surface area contributed by atoms with Crippen LogP contribution in [0.4, 0.5) is 0 Å². The van der Waals surface area contributed by atoms with E-state index in [2.05, 4.69) is 126 Å². The number of nitrogens with one attached hydrogen (secondary N) is 2. The van der Waals surface area contributed by atoms with E-state index in [9.17, 15) is 20.4 Å². The summed E-state index contributed by atoms with van der Waals surface area (Å²) in [6, 6.07) is 8.90. The zero-order chi connectivity index (χ0) is 46.9. The Balaban J connectivity index is 1.76. The van der Waals surface area contributed by atoms with Crippen LogP contribution in [0.5, 0.6) is 0 Å². The van der Waals surface area contributed by atoms with E-state index in [1.807, 2.05) is 0 Å². The molecule has 3 aromatic heterocycles. The predicted octanol–water partition coefficient (Wildman–Crippen LogP) is 12.7. The van der Waals surface area contributed by atoms with Crippen LogP contribution in [0.2, 0.25) is 0 Å². The quantitative estimate of drug-likeness (QED) is 0.0383. The third-order valence-corrected chi connectivity index (χ3v) is 13.3. The highest BCUT2D eigenvalue weighted by Gasteiger charge is 2.27. The molecule has 0 saturated heterocycles. The molecule has 8 nitrogen and oxygen atoms in total. The average Bonchev–Trinajstić information content (AvgIpc) is 4.05. The first-order valence-corrected chi connectivity index (χ1v) is 24.3. The van der Waals surface area contributed by atoms with Crippen molar-refractivity contribution in [2.24, 2.45) is 23.7 Å². The zero-order valence-corrected chi connectivity index (χ0v) is 41.4. The molecule has 0 saturated carbocycles. The van der Waals surface area contributed by atoms with Crippen LogP contribution in [0.15, 0.2) is 47.6 Å². The summed E-state index contributed by atoms with van der Waals surface area (Å²) in [5, 5.41) is 42.5. The third kappa shape index (κ3) is 14.5. The van der Waals surface area contributed by atoms with Gasteiger partial charge in [0.2, 0.25) is 0 Å². The van der Waals surface area contributed by atoms with Crippen molar-refractivity contribution >= 4 is 46.4 Å².